The summed E-state index contributed by atoms with van der Waals surface area (Å²) in [5.41, 5.74) is 1.28. The lowest BCUT2D eigenvalue weighted by molar-refractivity contribution is -0.135. The molecule has 5 heteroatoms. The summed E-state index contributed by atoms with van der Waals surface area (Å²) in [7, 11) is 0. The van der Waals surface area contributed by atoms with Crippen LogP contribution in [-0.4, -0.2) is 35.6 Å². The molecule has 2 fully saturated rings. The van der Waals surface area contributed by atoms with Crippen molar-refractivity contribution in [3.63, 3.8) is 0 Å². The Morgan fingerprint density at radius 2 is 1.83 bits per heavy atom. The molecule has 1 heterocycles. The number of benzene rings is 1. The highest BCUT2D eigenvalue weighted by molar-refractivity contribution is 6.00. The van der Waals surface area contributed by atoms with E-state index in [0.717, 1.165) is 19.5 Å². The van der Waals surface area contributed by atoms with E-state index in [1.807, 2.05) is 4.90 Å². The summed E-state index contributed by atoms with van der Waals surface area (Å²) >= 11 is 0. The highest BCUT2D eigenvalue weighted by Crippen LogP contribution is 2.41. The summed E-state index contributed by atoms with van der Waals surface area (Å²) in [6.45, 7) is 5.31. The number of amides is 2. The molecule has 2 amide bonds. The van der Waals surface area contributed by atoms with Crippen LogP contribution in [0.5, 0.6) is 0 Å². The minimum absolute atomic E-state index is 0.00325. The Kier molecular flexibility index (Phi) is 4.69. The highest BCUT2D eigenvalue weighted by Gasteiger charge is 2.49. The lowest BCUT2D eigenvalue weighted by atomic mass is 10.00. The van der Waals surface area contributed by atoms with Crippen molar-refractivity contribution in [1.82, 2.24) is 4.90 Å². The van der Waals surface area contributed by atoms with Crippen LogP contribution in [0.1, 0.15) is 43.5 Å². The smallest absolute Gasteiger partial charge is 0.228 e. The van der Waals surface area contributed by atoms with Gasteiger partial charge in [0.25, 0.3) is 0 Å². The van der Waals surface area contributed by atoms with Gasteiger partial charge in [-0.05, 0) is 56.4 Å². The molecular formula is C19H24N2O3. The zero-order valence-electron chi connectivity index (χ0n) is 14.2. The van der Waals surface area contributed by atoms with Crippen LogP contribution in [0.25, 0.3) is 0 Å². The number of hydrogen-bond acceptors (Lipinski definition) is 3. The Morgan fingerprint density at radius 1 is 1.12 bits per heavy atom. The molecule has 1 saturated carbocycles. The van der Waals surface area contributed by atoms with Crippen molar-refractivity contribution in [3.05, 3.63) is 29.8 Å². The summed E-state index contributed by atoms with van der Waals surface area (Å²) in [6, 6.07) is 6.84. The number of carbonyl (C=O) groups excluding carboxylic acids is 3. The van der Waals surface area contributed by atoms with Crippen molar-refractivity contribution in [1.29, 1.82) is 0 Å². The first-order valence-electron chi connectivity index (χ1n) is 8.66. The second-order valence-corrected chi connectivity index (χ2v) is 7.10. The molecule has 1 aliphatic heterocycles. The van der Waals surface area contributed by atoms with E-state index in [0.29, 0.717) is 23.6 Å². The first-order valence-corrected chi connectivity index (χ1v) is 8.66. The zero-order valence-corrected chi connectivity index (χ0v) is 14.2. The molecular weight excluding hydrogens is 304 g/mol. The van der Waals surface area contributed by atoms with Crippen molar-refractivity contribution in [3.8, 4) is 0 Å². The first-order chi connectivity index (χ1) is 11.5. The number of nitrogens with zero attached hydrogens (tertiary/aromatic N) is 1. The monoisotopic (exact) mass is 328 g/mol. The molecule has 128 valence electrons. The minimum atomic E-state index is -0.220. The van der Waals surface area contributed by atoms with E-state index < -0.39 is 0 Å². The van der Waals surface area contributed by atoms with E-state index in [1.165, 1.54) is 13.3 Å². The van der Waals surface area contributed by atoms with Gasteiger partial charge in [-0.3, -0.25) is 14.4 Å². The predicted molar refractivity (Wildman–Crippen MR) is 91.7 cm³/mol. The van der Waals surface area contributed by atoms with Gasteiger partial charge >= 0.3 is 0 Å². The van der Waals surface area contributed by atoms with Gasteiger partial charge in [0.05, 0.1) is 11.8 Å². The third-order valence-electron chi connectivity index (χ3n) is 4.97. The van der Waals surface area contributed by atoms with Gasteiger partial charge in [-0.1, -0.05) is 6.92 Å². The van der Waals surface area contributed by atoms with E-state index in [1.54, 1.807) is 24.3 Å². The fourth-order valence-corrected chi connectivity index (χ4v) is 3.41. The molecule has 1 N–H and O–H groups in total. The molecule has 2 aliphatic rings. The van der Waals surface area contributed by atoms with E-state index >= 15 is 0 Å². The van der Waals surface area contributed by atoms with Crippen LogP contribution < -0.4 is 5.32 Å². The second-order valence-electron chi connectivity index (χ2n) is 7.10. The van der Waals surface area contributed by atoms with Crippen molar-refractivity contribution in [2.24, 2.45) is 17.8 Å². The van der Waals surface area contributed by atoms with Gasteiger partial charge in [0.1, 0.15) is 0 Å². The third-order valence-corrected chi connectivity index (χ3v) is 4.97. The van der Waals surface area contributed by atoms with Crippen LogP contribution in [0.2, 0.25) is 0 Å². The number of anilines is 1. The van der Waals surface area contributed by atoms with Crippen LogP contribution in [0, 0.1) is 17.8 Å². The number of piperidine rings is 1. The molecule has 3 rings (SSSR count). The number of carbonyl (C=O) groups is 3. The van der Waals surface area contributed by atoms with Gasteiger partial charge in [0.15, 0.2) is 5.78 Å². The highest BCUT2D eigenvalue weighted by atomic mass is 16.2. The topological polar surface area (TPSA) is 66.5 Å². The number of Topliss-reactive ketones (excluding diaryl/α,β-unsaturated/α-hetero) is 1. The summed E-state index contributed by atoms with van der Waals surface area (Å²) in [5, 5.41) is 2.85. The van der Waals surface area contributed by atoms with Gasteiger partial charge in [-0.15, -0.1) is 0 Å². The molecule has 0 spiro atoms. The lowest BCUT2D eigenvalue weighted by Crippen LogP contribution is -2.40. The van der Waals surface area contributed by atoms with Gasteiger partial charge in [-0.2, -0.15) is 0 Å². The Morgan fingerprint density at radius 3 is 2.46 bits per heavy atom. The maximum absolute atomic E-state index is 12.5. The average molecular weight is 328 g/mol. The molecule has 0 bridgehead atoms. The Labute approximate surface area is 142 Å². The molecule has 5 nitrogen and oxygen atoms in total. The number of nitrogens with one attached hydrogen (secondary N) is 1. The molecule has 3 atom stereocenters. The lowest BCUT2D eigenvalue weighted by Gasteiger charge is -2.31. The number of likely N-dealkylation sites (tertiary alicyclic amines) is 1. The molecule has 1 aliphatic carbocycles. The summed E-state index contributed by atoms with van der Waals surface area (Å²) in [4.78, 5) is 38.0. The average Bonchev–Trinajstić information content (AvgIpc) is 3.35. The van der Waals surface area contributed by atoms with Crippen molar-refractivity contribution in [2.75, 3.05) is 18.4 Å². The molecule has 0 aromatic heterocycles. The summed E-state index contributed by atoms with van der Waals surface area (Å²) in [6.07, 6.45) is 2.87. The van der Waals surface area contributed by atoms with E-state index in [9.17, 15) is 14.4 Å². The Hall–Kier alpha value is -2.17. The summed E-state index contributed by atoms with van der Waals surface area (Å²) in [5.74, 6) is 0.196. The summed E-state index contributed by atoms with van der Waals surface area (Å²) < 4.78 is 0. The van der Waals surface area contributed by atoms with E-state index in [4.69, 9.17) is 0 Å². The number of ketones is 1. The van der Waals surface area contributed by atoms with Crippen LogP contribution in [0.15, 0.2) is 24.3 Å². The van der Waals surface area contributed by atoms with Crippen molar-refractivity contribution >= 4 is 23.3 Å². The minimum Gasteiger partial charge on any atom is -0.342 e. The fourth-order valence-electron chi connectivity index (χ4n) is 3.41. The van der Waals surface area contributed by atoms with Gasteiger partial charge in [-0.25, -0.2) is 0 Å². The van der Waals surface area contributed by atoms with Gasteiger partial charge < -0.3 is 10.2 Å². The Bertz CT molecular complexity index is 653. The quantitative estimate of drug-likeness (QED) is 0.864. The van der Waals surface area contributed by atoms with Gasteiger partial charge in [0.2, 0.25) is 11.8 Å². The maximum atomic E-state index is 12.5. The normalized spacial score (nSPS) is 25.9. The molecule has 1 saturated heterocycles. The maximum Gasteiger partial charge on any atom is 0.228 e. The van der Waals surface area contributed by atoms with Gasteiger partial charge in [0, 0.05) is 24.3 Å². The SMILES string of the molecule is CC(=O)c1ccc(NC(=O)C2CC2C(=O)N2CCCC(C)C2)cc1. The van der Waals surface area contributed by atoms with Crippen LogP contribution in [0.4, 0.5) is 5.69 Å². The van der Waals surface area contributed by atoms with Crippen molar-refractivity contribution in [2.45, 2.75) is 33.1 Å². The predicted octanol–water partition coefficient (Wildman–Crippen LogP) is 2.72. The Balaban J connectivity index is 1.53. The standard InChI is InChI=1S/C19H24N2O3/c1-12-4-3-9-21(11-12)19(24)17-10-16(17)18(23)20-15-7-5-14(6-8-15)13(2)22/h5-8,12,16-17H,3-4,9-11H2,1-2H3,(H,20,23). The van der Waals surface area contributed by atoms with Crippen LogP contribution in [-0.2, 0) is 9.59 Å². The largest absolute Gasteiger partial charge is 0.342 e. The fraction of sp³-hybridized carbons (Fsp3) is 0.526. The van der Waals surface area contributed by atoms with E-state index in [-0.39, 0.29) is 29.4 Å². The zero-order chi connectivity index (χ0) is 17.3. The second kappa shape index (κ2) is 6.75. The number of hydrogen-bond donors (Lipinski definition) is 1. The number of rotatable bonds is 4. The molecule has 3 unspecified atom stereocenters. The molecule has 1 aromatic rings. The van der Waals surface area contributed by atoms with Crippen LogP contribution in [0.3, 0.4) is 0 Å². The third kappa shape index (κ3) is 3.66. The molecule has 0 radical (unpaired) electrons. The molecule has 24 heavy (non-hydrogen) atoms. The first kappa shape index (κ1) is 16.7. The van der Waals surface area contributed by atoms with Crippen LogP contribution >= 0.6 is 0 Å². The van der Waals surface area contributed by atoms with Crippen molar-refractivity contribution < 1.29 is 14.4 Å². The van der Waals surface area contributed by atoms with E-state index in [2.05, 4.69) is 12.2 Å². The molecule has 1 aromatic carbocycles.